The minimum absolute atomic E-state index is 0.117. The summed E-state index contributed by atoms with van der Waals surface area (Å²) in [5.74, 6) is -0.896. The minimum atomic E-state index is -1.06. The number of esters is 3. The molecule has 0 saturated heterocycles. The van der Waals surface area contributed by atoms with Gasteiger partial charge in [0.1, 0.15) is 19.8 Å². The quantitative estimate of drug-likeness (QED) is 0.187. The summed E-state index contributed by atoms with van der Waals surface area (Å²) in [6, 6.07) is 0. The lowest BCUT2D eigenvalue weighted by atomic mass is 9.78. The number of hydrogen-bond acceptors (Lipinski definition) is 10. The topological polar surface area (TPSA) is 99.1 Å². The van der Waals surface area contributed by atoms with Crippen LogP contribution in [0.5, 0.6) is 0 Å². The molecule has 0 bridgehead atoms. The Hall–Kier alpha value is -0.580. The molecule has 1 unspecified atom stereocenters. The highest BCUT2D eigenvalue weighted by Gasteiger charge is 2.41. The van der Waals surface area contributed by atoms with E-state index in [1.165, 1.54) is 0 Å². The van der Waals surface area contributed by atoms with Crippen LogP contribution < -0.4 is 0 Å². The summed E-state index contributed by atoms with van der Waals surface area (Å²) >= 11 is 11.9. The highest BCUT2D eigenvalue weighted by molar-refractivity contribution is 7.80. The Balaban J connectivity index is 5.23. The molecule has 0 rings (SSSR count). The molecule has 10 heteroatoms. The van der Waals surface area contributed by atoms with Gasteiger partial charge in [0.05, 0.1) is 24.7 Å². The van der Waals surface area contributed by atoms with Crippen LogP contribution in [0.2, 0.25) is 0 Å². The third kappa shape index (κ3) is 9.94. The van der Waals surface area contributed by atoms with Gasteiger partial charge in [0.15, 0.2) is 0 Å². The Labute approximate surface area is 170 Å². The molecule has 152 valence electrons. The van der Waals surface area contributed by atoms with Crippen LogP contribution in [0.1, 0.15) is 26.2 Å². The number of aliphatic hydroxyl groups excluding tert-OH is 1. The molecule has 0 spiro atoms. The fourth-order valence-corrected chi connectivity index (χ4v) is 2.46. The number of rotatable bonds is 14. The molecule has 1 atom stereocenters. The Bertz CT molecular complexity index is 391. The first kappa shape index (κ1) is 25.4. The van der Waals surface area contributed by atoms with Crippen molar-refractivity contribution >= 4 is 55.8 Å². The van der Waals surface area contributed by atoms with Crippen LogP contribution in [0.25, 0.3) is 0 Å². The summed E-state index contributed by atoms with van der Waals surface area (Å²) in [5.41, 5.74) is -1.06. The summed E-state index contributed by atoms with van der Waals surface area (Å²) in [6.07, 6.45) is 0.350. The number of aliphatic hydroxyl groups is 1. The minimum Gasteiger partial charge on any atom is -0.465 e. The van der Waals surface area contributed by atoms with Crippen molar-refractivity contribution in [3.8, 4) is 0 Å². The maximum Gasteiger partial charge on any atom is 0.306 e. The lowest BCUT2D eigenvalue weighted by Gasteiger charge is -2.36. The first-order valence-corrected chi connectivity index (χ1v) is 10.1. The molecule has 0 aliphatic rings. The van der Waals surface area contributed by atoms with Crippen molar-refractivity contribution in [2.75, 3.05) is 43.7 Å². The van der Waals surface area contributed by atoms with Crippen molar-refractivity contribution in [3.05, 3.63) is 0 Å². The molecular weight excluding hydrogens is 400 g/mol. The van der Waals surface area contributed by atoms with E-state index in [4.69, 9.17) is 14.2 Å². The highest BCUT2D eigenvalue weighted by atomic mass is 32.1. The maximum absolute atomic E-state index is 11.7. The molecule has 7 nitrogen and oxygen atoms in total. The number of carbonyl (C=O) groups excluding carboxylic acids is 3. The van der Waals surface area contributed by atoms with Gasteiger partial charge in [-0.1, -0.05) is 6.92 Å². The van der Waals surface area contributed by atoms with Crippen LogP contribution in [-0.4, -0.2) is 66.7 Å². The van der Waals surface area contributed by atoms with Gasteiger partial charge in [-0.2, -0.15) is 37.9 Å². The second-order valence-electron chi connectivity index (χ2n) is 5.85. The molecule has 0 saturated carbocycles. The van der Waals surface area contributed by atoms with Gasteiger partial charge in [0, 0.05) is 23.9 Å². The number of ether oxygens (including phenoxy) is 3. The van der Waals surface area contributed by atoms with E-state index < -0.39 is 29.2 Å². The van der Waals surface area contributed by atoms with Crippen molar-refractivity contribution in [2.45, 2.75) is 26.2 Å². The average Bonchev–Trinajstić information content (AvgIpc) is 2.61. The first-order valence-electron chi connectivity index (χ1n) is 8.25. The van der Waals surface area contributed by atoms with Crippen LogP contribution in [0.15, 0.2) is 0 Å². The summed E-state index contributed by atoms with van der Waals surface area (Å²) < 4.78 is 15.7. The summed E-state index contributed by atoms with van der Waals surface area (Å²) in [4.78, 5) is 35.1. The Morgan fingerprint density at radius 3 is 1.35 bits per heavy atom. The van der Waals surface area contributed by atoms with Crippen LogP contribution >= 0.6 is 37.9 Å². The third-order valence-corrected chi connectivity index (χ3v) is 4.50. The summed E-state index contributed by atoms with van der Waals surface area (Å²) in [5, 5.41) is 9.62. The van der Waals surface area contributed by atoms with E-state index in [0.717, 1.165) is 0 Å². The van der Waals surface area contributed by atoms with Gasteiger partial charge in [-0.15, -0.1) is 0 Å². The van der Waals surface area contributed by atoms with E-state index in [-0.39, 0.29) is 45.7 Å². The zero-order chi connectivity index (χ0) is 20.0. The zero-order valence-electron chi connectivity index (χ0n) is 14.9. The van der Waals surface area contributed by atoms with Gasteiger partial charge in [0.2, 0.25) is 0 Å². The van der Waals surface area contributed by atoms with Crippen molar-refractivity contribution in [1.29, 1.82) is 0 Å². The maximum atomic E-state index is 11.7. The van der Waals surface area contributed by atoms with Crippen LogP contribution in [0.4, 0.5) is 0 Å². The third-order valence-electron chi connectivity index (χ3n) is 3.83. The van der Waals surface area contributed by atoms with Crippen molar-refractivity contribution < 1.29 is 33.7 Å². The van der Waals surface area contributed by atoms with Gasteiger partial charge < -0.3 is 19.3 Å². The van der Waals surface area contributed by atoms with Gasteiger partial charge >= 0.3 is 17.9 Å². The summed E-state index contributed by atoms with van der Waals surface area (Å²) in [6.45, 7) is 0.945. The molecule has 0 aromatic rings. The lowest BCUT2D eigenvalue weighted by Crippen LogP contribution is -2.46. The van der Waals surface area contributed by atoms with Crippen molar-refractivity contribution in [2.24, 2.45) is 11.3 Å². The van der Waals surface area contributed by atoms with Gasteiger partial charge in [-0.3, -0.25) is 14.4 Å². The van der Waals surface area contributed by atoms with Crippen molar-refractivity contribution in [1.82, 2.24) is 0 Å². The number of thiol groups is 3. The molecule has 0 fully saturated rings. The van der Waals surface area contributed by atoms with E-state index in [9.17, 15) is 19.5 Å². The molecule has 0 aliphatic heterocycles. The van der Waals surface area contributed by atoms with E-state index in [2.05, 4.69) is 37.9 Å². The SMILES string of the molecule is CC(CO)C(COC(=O)CCS)(COC(=O)CCS)COC(=O)CCS. The van der Waals surface area contributed by atoms with Gasteiger partial charge in [-0.05, 0) is 5.92 Å². The molecule has 0 heterocycles. The lowest BCUT2D eigenvalue weighted by molar-refractivity contribution is -0.167. The molecule has 1 N–H and O–H groups in total. The number of carbonyl (C=O) groups is 3. The van der Waals surface area contributed by atoms with E-state index >= 15 is 0 Å². The smallest absolute Gasteiger partial charge is 0.306 e. The van der Waals surface area contributed by atoms with E-state index in [1.807, 2.05) is 0 Å². The van der Waals surface area contributed by atoms with E-state index in [0.29, 0.717) is 17.3 Å². The normalized spacial score (nSPS) is 12.3. The predicted molar refractivity (Wildman–Crippen MR) is 107 cm³/mol. The molecule has 0 aliphatic carbocycles. The predicted octanol–water partition coefficient (Wildman–Crippen LogP) is 1.19. The van der Waals surface area contributed by atoms with Gasteiger partial charge in [-0.25, -0.2) is 0 Å². The standard InChI is InChI=1S/C16H28O7S3/c1-12(8-17)16(9-21-13(18)2-5-24,10-22-14(19)3-6-25)11-23-15(20)4-7-26/h12,17,24-26H,2-11H2,1H3. The first-order chi connectivity index (χ1) is 12.3. The van der Waals surface area contributed by atoms with Crippen molar-refractivity contribution in [3.63, 3.8) is 0 Å². The Morgan fingerprint density at radius 1 is 0.808 bits per heavy atom. The fraction of sp³-hybridized carbons (Fsp3) is 0.812. The average molecular weight is 429 g/mol. The largest absolute Gasteiger partial charge is 0.465 e. The monoisotopic (exact) mass is 428 g/mol. The zero-order valence-corrected chi connectivity index (χ0v) is 17.6. The molecular formula is C16H28O7S3. The van der Waals surface area contributed by atoms with E-state index in [1.54, 1.807) is 6.92 Å². The van der Waals surface area contributed by atoms with Crippen LogP contribution in [-0.2, 0) is 28.6 Å². The second kappa shape index (κ2) is 14.5. The molecule has 0 radical (unpaired) electrons. The summed E-state index contributed by atoms with van der Waals surface area (Å²) in [7, 11) is 0. The van der Waals surface area contributed by atoms with Gasteiger partial charge in [0.25, 0.3) is 0 Å². The highest BCUT2D eigenvalue weighted by Crippen LogP contribution is 2.30. The Morgan fingerprint density at radius 2 is 1.12 bits per heavy atom. The molecule has 0 amide bonds. The number of hydrogen-bond donors (Lipinski definition) is 4. The van der Waals surface area contributed by atoms with Crippen LogP contribution in [0.3, 0.4) is 0 Å². The van der Waals surface area contributed by atoms with Crippen LogP contribution in [0, 0.1) is 11.3 Å². The molecule has 26 heavy (non-hydrogen) atoms. The molecule has 0 aromatic carbocycles. The Kier molecular flexibility index (Phi) is 14.2. The fourth-order valence-electron chi connectivity index (χ4n) is 1.91. The molecule has 0 aromatic heterocycles. The second-order valence-corrected chi connectivity index (χ2v) is 7.19.